The molecule has 16 heavy (non-hydrogen) atoms. The zero-order chi connectivity index (χ0) is 12.1. The van der Waals surface area contributed by atoms with Gasteiger partial charge in [-0.25, -0.2) is 0 Å². The van der Waals surface area contributed by atoms with E-state index in [4.69, 9.17) is 14.2 Å². The van der Waals surface area contributed by atoms with Gasteiger partial charge in [0.2, 0.25) is 0 Å². The van der Waals surface area contributed by atoms with E-state index in [1.165, 1.54) is 0 Å². The molecule has 3 nitrogen and oxygen atoms in total. The lowest BCUT2D eigenvalue weighted by Gasteiger charge is -2.13. The van der Waals surface area contributed by atoms with Gasteiger partial charge in [0.25, 0.3) is 0 Å². The van der Waals surface area contributed by atoms with E-state index in [1.54, 1.807) is 0 Å². The van der Waals surface area contributed by atoms with Crippen LogP contribution in [-0.2, 0) is 14.2 Å². The maximum absolute atomic E-state index is 5.39. The lowest BCUT2D eigenvalue weighted by Crippen LogP contribution is -2.19. The van der Waals surface area contributed by atoms with Crippen molar-refractivity contribution < 1.29 is 14.2 Å². The minimum absolute atomic E-state index is 0.671. The molecule has 0 bridgehead atoms. The molecule has 0 fully saturated rings. The van der Waals surface area contributed by atoms with E-state index in [2.05, 4.69) is 0 Å². The van der Waals surface area contributed by atoms with E-state index in [0.29, 0.717) is 6.71 Å². The molecule has 96 valence electrons. The van der Waals surface area contributed by atoms with Crippen molar-refractivity contribution in [3.05, 3.63) is 0 Å². The molecule has 0 saturated carbocycles. The normalized spacial score (nSPS) is 10.7. The Labute approximate surface area is 101 Å². The van der Waals surface area contributed by atoms with E-state index < -0.39 is 0 Å². The van der Waals surface area contributed by atoms with Gasteiger partial charge in [-0.3, -0.25) is 0 Å². The minimum atomic E-state index is 0.671. The Morgan fingerprint density at radius 3 is 1.19 bits per heavy atom. The van der Waals surface area contributed by atoms with Crippen molar-refractivity contribution in [2.75, 3.05) is 39.6 Å². The fourth-order valence-electron chi connectivity index (χ4n) is 1.62. The van der Waals surface area contributed by atoms with Gasteiger partial charge in [-0.15, -0.1) is 0 Å². The molecule has 0 N–H and O–H groups in total. The van der Waals surface area contributed by atoms with Crippen molar-refractivity contribution in [2.45, 2.75) is 39.7 Å². The van der Waals surface area contributed by atoms with Crippen LogP contribution in [0.4, 0.5) is 0 Å². The van der Waals surface area contributed by atoms with E-state index in [-0.39, 0.29) is 0 Å². The van der Waals surface area contributed by atoms with Crippen LogP contribution in [0.1, 0.15) is 20.8 Å². The molecule has 0 amide bonds. The predicted molar refractivity (Wildman–Crippen MR) is 69.7 cm³/mol. The minimum Gasteiger partial charge on any atom is -0.382 e. The van der Waals surface area contributed by atoms with E-state index in [0.717, 1.165) is 58.6 Å². The van der Waals surface area contributed by atoms with Crippen LogP contribution < -0.4 is 0 Å². The van der Waals surface area contributed by atoms with Gasteiger partial charge in [0.05, 0.1) is 0 Å². The highest BCUT2D eigenvalue weighted by Gasteiger charge is 2.13. The van der Waals surface area contributed by atoms with Gasteiger partial charge in [0.15, 0.2) is 0 Å². The summed E-state index contributed by atoms with van der Waals surface area (Å²) in [6.45, 7) is 11.8. The standard InChI is InChI=1S/C12H27BO3/c1-4-14-10-7-13(8-11-15-5-2)9-12-16-6-3/h4-12H2,1-3H3. The highest BCUT2D eigenvalue weighted by molar-refractivity contribution is 6.58. The third-order valence-electron chi connectivity index (χ3n) is 2.62. The SMILES string of the molecule is CCOCCB(CCOCC)CCOCC. The van der Waals surface area contributed by atoms with Crippen LogP contribution in [-0.4, -0.2) is 46.4 Å². The van der Waals surface area contributed by atoms with E-state index in [1.807, 2.05) is 20.8 Å². The summed E-state index contributed by atoms with van der Waals surface area (Å²) in [5, 5.41) is 0. The van der Waals surface area contributed by atoms with Crippen LogP contribution in [0.2, 0.25) is 19.0 Å². The van der Waals surface area contributed by atoms with Crippen LogP contribution >= 0.6 is 0 Å². The maximum atomic E-state index is 5.39. The number of ether oxygens (including phenoxy) is 3. The van der Waals surface area contributed by atoms with Gasteiger partial charge < -0.3 is 14.2 Å². The molecule has 4 heteroatoms. The Kier molecular flexibility index (Phi) is 13.0. The average Bonchev–Trinajstić information content (AvgIpc) is 2.29. The Morgan fingerprint density at radius 1 is 0.625 bits per heavy atom. The van der Waals surface area contributed by atoms with Crippen molar-refractivity contribution in [3.8, 4) is 0 Å². The molecule has 0 radical (unpaired) electrons. The quantitative estimate of drug-likeness (QED) is 0.381. The Morgan fingerprint density at radius 2 is 0.938 bits per heavy atom. The molecule has 0 saturated heterocycles. The number of hydrogen-bond acceptors (Lipinski definition) is 3. The molecule has 0 heterocycles. The van der Waals surface area contributed by atoms with Crippen LogP contribution in [0.3, 0.4) is 0 Å². The second-order valence-corrected chi connectivity index (χ2v) is 3.82. The molecule has 0 unspecified atom stereocenters. The van der Waals surface area contributed by atoms with Crippen LogP contribution in [0.5, 0.6) is 0 Å². The van der Waals surface area contributed by atoms with Gasteiger partial charge in [-0.05, 0) is 20.8 Å². The third-order valence-corrected chi connectivity index (χ3v) is 2.62. The molecule has 0 aliphatic rings. The largest absolute Gasteiger partial charge is 0.382 e. The van der Waals surface area contributed by atoms with E-state index >= 15 is 0 Å². The van der Waals surface area contributed by atoms with Crippen LogP contribution in [0.15, 0.2) is 0 Å². The highest BCUT2D eigenvalue weighted by Crippen LogP contribution is 2.07. The van der Waals surface area contributed by atoms with Crippen molar-refractivity contribution in [1.29, 1.82) is 0 Å². The summed E-state index contributed by atoms with van der Waals surface area (Å²) in [6, 6.07) is 0. The molecule has 0 spiro atoms. The van der Waals surface area contributed by atoms with Gasteiger partial charge in [0, 0.05) is 39.6 Å². The topological polar surface area (TPSA) is 27.7 Å². The van der Waals surface area contributed by atoms with Crippen molar-refractivity contribution in [2.24, 2.45) is 0 Å². The van der Waals surface area contributed by atoms with Crippen LogP contribution in [0.25, 0.3) is 0 Å². The molecule has 0 aliphatic heterocycles. The third kappa shape index (κ3) is 10.5. The van der Waals surface area contributed by atoms with Crippen molar-refractivity contribution >= 4 is 6.71 Å². The molecule has 0 rings (SSSR count). The van der Waals surface area contributed by atoms with Crippen molar-refractivity contribution in [1.82, 2.24) is 0 Å². The number of hydrogen-bond donors (Lipinski definition) is 0. The summed E-state index contributed by atoms with van der Waals surface area (Å²) < 4.78 is 16.2. The lowest BCUT2D eigenvalue weighted by atomic mass is 9.43. The molecule has 0 atom stereocenters. The fraction of sp³-hybridized carbons (Fsp3) is 1.00. The van der Waals surface area contributed by atoms with Gasteiger partial charge in [-0.2, -0.15) is 0 Å². The molecular weight excluding hydrogens is 203 g/mol. The summed E-state index contributed by atoms with van der Waals surface area (Å²) in [5.41, 5.74) is 0. The molecule has 0 aliphatic carbocycles. The van der Waals surface area contributed by atoms with E-state index in [9.17, 15) is 0 Å². The first kappa shape index (κ1) is 15.9. The number of rotatable bonds is 12. The van der Waals surface area contributed by atoms with Crippen molar-refractivity contribution in [3.63, 3.8) is 0 Å². The molecule has 0 aromatic heterocycles. The summed E-state index contributed by atoms with van der Waals surface area (Å²) in [7, 11) is 0. The monoisotopic (exact) mass is 230 g/mol. The van der Waals surface area contributed by atoms with Gasteiger partial charge in [-0.1, -0.05) is 19.0 Å². The average molecular weight is 230 g/mol. The smallest absolute Gasteiger partial charge is 0.147 e. The first-order valence-electron chi connectivity index (χ1n) is 6.58. The molecule has 0 aromatic carbocycles. The lowest BCUT2D eigenvalue weighted by molar-refractivity contribution is 0.151. The Bertz CT molecular complexity index is 110. The fourth-order valence-corrected chi connectivity index (χ4v) is 1.62. The Hall–Kier alpha value is -0.0551. The summed E-state index contributed by atoms with van der Waals surface area (Å²) in [4.78, 5) is 0. The summed E-state index contributed by atoms with van der Waals surface area (Å²) >= 11 is 0. The predicted octanol–water partition coefficient (Wildman–Crippen LogP) is 2.59. The highest BCUT2D eigenvalue weighted by atomic mass is 16.5. The molecular formula is C12H27BO3. The second-order valence-electron chi connectivity index (χ2n) is 3.82. The summed E-state index contributed by atoms with van der Waals surface area (Å²) in [6.07, 6.45) is 3.36. The van der Waals surface area contributed by atoms with Gasteiger partial charge in [0.1, 0.15) is 6.71 Å². The zero-order valence-electron chi connectivity index (χ0n) is 11.2. The van der Waals surface area contributed by atoms with Crippen LogP contribution in [0, 0.1) is 0 Å². The molecule has 0 aromatic rings. The first-order valence-corrected chi connectivity index (χ1v) is 6.58. The van der Waals surface area contributed by atoms with Gasteiger partial charge >= 0.3 is 0 Å². The summed E-state index contributed by atoms with van der Waals surface area (Å²) in [5.74, 6) is 0. The second kappa shape index (κ2) is 13.0. The first-order chi connectivity index (χ1) is 7.85. The Balaban J connectivity index is 3.58. The maximum Gasteiger partial charge on any atom is 0.147 e. The zero-order valence-corrected chi connectivity index (χ0v) is 11.2.